The number of nitrogens with two attached hydrogens (primary N) is 1. The van der Waals surface area contributed by atoms with Crippen LogP contribution in [0.15, 0.2) is 97.6 Å². The number of benzene rings is 2. The van der Waals surface area contributed by atoms with E-state index in [4.69, 9.17) is 15.8 Å². The molecular formula is C31H29N8+. The van der Waals surface area contributed by atoms with Crippen LogP contribution >= 0.6 is 0 Å². The number of hydrogen-bond acceptors (Lipinski definition) is 6. The van der Waals surface area contributed by atoms with Crippen molar-refractivity contribution in [3.05, 3.63) is 103 Å². The van der Waals surface area contributed by atoms with Gasteiger partial charge in [0.15, 0.2) is 0 Å². The van der Waals surface area contributed by atoms with Crippen molar-refractivity contribution in [2.45, 2.75) is 24.4 Å². The molecule has 1 aliphatic carbocycles. The third-order valence-electron chi connectivity index (χ3n) is 7.88. The number of fused-ring (bicyclic) bond motifs is 3. The minimum absolute atomic E-state index is 0.293. The standard InChI is InChI=1S/C31H29N8/c1-37(2)25-18-31(32,19-25)23-9-11-24(12-10-23)39-30-26-17-22(21-7-4-3-5-8-21)20-35-27(26)13-16-38(30)29(36-39)28-33-14-6-15-34-28/h3-17,20,25H,18-19,32H2,1-2H3/q+1. The average Bonchev–Trinajstić information content (AvgIpc) is 3.36. The van der Waals surface area contributed by atoms with Crippen molar-refractivity contribution in [1.29, 1.82) is 0 Å². The number of nitrogens with zero attached hydrogens (tertiary/aromatic N) is 7. The molecule has 1 saturated carbocycles. The minimum atomic E-state index is -0.293. The monoisotopic (exact) mass is 513 g/mol. The first-order valence-corrected chi connectivity index (χ1v) is 13.1. The molecule has 1 fully saturated rings. The molecule has 4 heterocycles. The van der Waals surface area contributed by atoms with E-state index >= 15 is 0 Å². The molecule has 0 amide bonds. The molecular weight excluding hydrogens is 484 g/mol. The van der Waals surface area contributed by atoms with Gasteiger partial charge in [0.05, 0.1) is 22.2 Å². The van der Waals surface area contributed by atoms with Crippen LogP contribution in [0.3, 0.4) is 0 Å². The van der Waals surface area contributed by atoms with Gasteiger partial charge in [0, 0.05) is 35.7 Å². The molecule has 0 atom stereocenters. The fourth-order valence-corrected chi connectivity index (χ4v) is 5.56. The van der Waals surface area contributed by atoms with Crippen LogP contribution in [0.2, 0.25) is 0 Å². The van der Waals surface area contributed by atoms with E-state index in [0.29, 0.717) is 17.7 Å². The lowest BCUT2D eigenvalue weighted by atomic mass is 9.68. The second kappa shape index (κ2) is 9.04. The van der Waals surface area contributed by atoms with Crippen LogP contribution in [-0.4, -0.2) is 49.8 Å². The summed E-state index contributed by atoms with van der Waals surface area (Å²) in [5, 5.41) is 6.02. The Kier molecular flexibility index (Phi) is 5.47. The van der Waals surface area contributed by atoms with Gasteiger partial charge >= 0.3 is 5.82 Å². The maximum Gasteiger partial charge on any atom is 0.351 e. The van der Waals surface area contributed by atoms with Gasteiger partial charge in [0.25, 0.3) is 5.65 Å². The molecule has 4 aromatic heterocycles. The third-order valence-corrected chi connectivity index (χ3v) is 7.88. The molecule has 1 aliphatic rings. The van der Waals surface area contributed by atoms with Crippen molar-refractivity contribution in [2.24, 2.45) is 5.73 Å². The van der Waals surface area contributed by atoms with Crippen molar-refractivity contribution < 1.29 is 4.40 Å². The summed E-state index contributed by atoms with van der Waals surface area (Å²) in [5.41, 5.74) is 12.5. The Labute approximate surface area is 226 Å². The summed E-state index contributed by atoms with van der Waals surface area (Å²) in [4.78, 5) is 16.0. The number of rotatable bonds is 5. The molecule has 8 heteroatoms. The van der Waals surface area contributed by atoms with E-state index in [2.05, 4.69) is 71.4 Å². The SMILES string of the molecule is CN(C)C1CC(N)(c2ccc(-n3nc(-c4ncccn4)[n+]4ccc5ncc(-c6ccccc6)cc5c34)cc2)C1. The van der Waals surface area contributed by atoms with Gasteiger partial charge in [-0.2, -0.15) is 4.40 Å². The third kappa shape index (κ3) is 3.96. The summed E-state index contributed by atoms with van der Waals surface area (Å²) in [7, 11) is 4.23. The maximum absolute atomic E-state index is 6.78. The fraction of sp³-hybridized carbons (Fsp3) is 0.194. The quantitative estimate of drug-likeness (QED) is 0.348. The first-order valence-electron chi connectivity index (χ1n) is 13.1. The van der Waals surface area contributed by atoms with Gasteiger partial charge in [-0.15, -0.1) is 0 Å². The largest absolute Gasteiger partial charge is 0.351 e. The highest BCUT2D eigenvalue weighted by molar-refractivity contribution is 5.93. The number of pyridine rings is 2. The van der Waals surface area contributed by atoms with Crippen LogP contribution in [-0.2, 0) is 5.54 Å². The molecule has 8 nitrogen and oxygen atoms in total. The lowest BCUT2D eigenvalue weighted by Gasteiger charge is -2.48. The Morgan fingerprint density at radius 2 is 1.64 bits per heavy atom. The minimum Gasteiger partial charge on any atom is -0.321 e. The van der Waals surface area contributed by atoms with E-state index in [9.17, 15) is 0 Å². The highest BCUT2D eigenvalue weighted by Crippen LogP contribution is 2.41. The summed E-state index contributed by atoms with van der Waals surface area (Å²) < 4.78 is 4.00. The van der Waals surface area contributed by atoms with E-state index < -0.39 is 0 Å². The van der Waals surface area contributed by atoms with Gasteiger partial charge in [-0.25, -0.2) is 9.97 Å². The van der Waals surface area contributed by atoms with Crippen LogP contribution in [0.1, 0.15) is 18.4 Å². The van der Waals surface area contributed by atoms with E-state index in [1.165, 1.54) is 0 Å². The van der Waals surface area contributed by atoms with Gasteiger partial charge in [0.2, 0.25) is 5.82 Å². The van der Waals surface area contributed by atoms with Crippen molar-refractivity contribution in [3.8, 4) is 28.5 Å². The molecule has 39 heavy (non-hydrogen) atoms. The summed E-state index contributed by atoms with van der Waals surface area (Å²) in [6, 6.07) is 25.3. The molecule has 2 aromatic carbocycles. The van der Waals surface area contributed by atoms with Gasteiger partial charge < -0.3 is 10.6 Å². The lowest BCUT2D eigenvalue weighted by molar-refractivity contribution is -0.499. The second-order valence-electron chi connectivity index (χ2n) is 10.6. The highest BCUT2D eigenvalue weighted by atomic mass is 15.4. The van der Waals surface area contributed by atoms with E-state index in [-0.39, 0.29) is 5.54 Å². The Bertz CT molecular complexity index is 1790. The molecule has 0 bridgehead atoms. The predicted octanol–water partition coefficient (Wildman–Crippen LogP) is 4.16. The molecule has 6 aromatic rings. The molecule has 2 N–H and O–H groups in total. The van der Waals surface area contributed by atoms with Crippen molar-refractivity contribution in [2.75, 3.05) is 14.1 Å². The Balaban J connectivity index is 1.40. The van der Waals surface area contributed by atoms with Gasteiger partial charge in [-0.1, -0.05) is 47.1 Å². The lowest BCUT2D eigenvalue weighted by Crippen LogP contribution is -2.56. The average molecular weight is 514 g/mol. The van der Waals surface area contributed by atoms with Gasteiger partial charge in [-0.05, 0) is 68.4 Å². The molecule has 7 rings (SSSR count). The normalized spacial score (nSPS) is 19.0. The van der Waals surface area contributed by atoms with Crippen LogP contribution in [0.4, 0.5) is 0 Å². The molecule has 0 unspecified atom stereocenters. The highest BCUT2D eigenvalue weighted by Gasteiger charge is 2.43. The topological polar surface area (TPSA) is 89.8 Å². The smallest absolute Gasteiger partial charge is 0.321 e. The van der Waals surface area contributed by atoms with Crippen LogP contribution in [0.25, 0.3) is 45.0 Å². The number of hydrogen-bond donors (Lipinski definition) is 1. The molecule has 192 valence electrons. The van der Waals surface area contributed by atoms with E-state index in [1.54, 1.807) is 12.4 Å². The maximum atomic E-state index is 6.78. The van der Waals surface area contributed by atoms with E-state index in [1.807, 2.05) is 51.8 Å². The van der Waals surface area contributed by atoms with Gasteiger partial charge in [-0.3, -0.25) is 4.98 Å². The summed E-state index contributed by atoms with van der Waals surface area (Å²) in [6.07, 6.45) is 9.28. The summed E-state index contributed by atoms with van der Waals surface area (Å²) >= 11 is 0. The van der Waals surface area contributed by atoms with Crippen LogP contribution in [0.5, 0.6) is 0 Å². The Morgan fingerprint density at radius 3 is 2.36 bits per heavy atom. The van der Waals surface area contributed by atoms with Crippen LogP contribution in [0, 0.1) is 0 Å². The first-order chi connectivity index (χ1) is 19.0. The van der Waals surface area contributed by atoms with Crippen molar-refractivity contribution >= 4 is 16.6 Å². The zero-order valence-corrected chi connectivity index (χ0v) is 21.9. The van der Waals surface area contributed by atoms with Gasteiger partial charge in [0.1, 0.15) is 5.69 Å². The van der Waals surface area contributed by atoms with E-state index in [0.717, 1.165) is 51.8 Å². The van der Waals surface area contributed by atoms with Crippen molar-refractivity contribution in [1.82, 2.24) is 29.6 Å². The van der Waals surface area contributed by atoms with Crippen LogP contribution < -0.4 is 10.1 Å². The fourth-order valence-electron chi connectivity index (χ4n) is 5.56. The first kappa shape index (κ1) is 23.6. The zero-order chi connectivity index (χ0) is 26.6. The number of aromatic nitrogens is 6. The molecule has 0 saturated heterocycles. The van der Waals surface area contributed by atoms with Crippen molar-refractivity contribution in [3.63, 3.8) is 0 Å². The summed E-state index contributed by atoms with van der Waals surface area (Å²) in [6.45, 7) is 0. The Hall–Kier alpha value is -4.53. The molecule has 0 spiro atoms. The molecule has 0 radical (unpaired) electrons. The second-order valence-corrected chi connectivity index (χ2v) is 10.6. The predicted molar refractivity (Wildman–Crippen MR) is 151 cm³/mol. The zero-order valence-electron chi connectivity index (χ0n) is 21.9. The summed E-state index contributed by atoms with van der Waals surface area (Å²) in [5.74, 6) is 1.21. The Morgan fingerprint density at radius 1 is 0.897 bits per heavy atom. The molecule has 0 aliphatic heterocycles.